The van der Waals surface area contributed by atoms with Crippen molar-refractivity contribution in [2.75, 3.05) is 28.4 Å². The molecule has 2 aliphatic heterocycles. The Balaban J connectivity index is 0.000000394. The summed E-state index contributed by atoms with van der Waals surface area (Å²) in [5.74, 6) is -6.64. The molecule has 110 heavy (non-hydrogen) atoms. The van der Waals surface area contributed by atoms with E-state index in [1.54, 1.807) is 0 Å². The molecule has 0 amide bonds. The second-order valence-electron chi connectivity index (χ2n) is 32.7. The Morgan fingerprint density at radius 2 is 0.555 bits per heavy atom. The summed E-state index contributed by atoms with van der Waals surface area (Å²) in [5.41, 5.74) is -1.54. The zero-order chi connectivity index (χ0) is 79.6. The zero-order valence-corrected chi connectivity index (χ0v) is 70.9. The van der Waals surface area contributed by atoms with Gasteiger partial charge in [0, 0.05) is 46.5 Å². The number of rotatable bonds is 66. The number of phenolic OH excluding ortho intramolecular Hbond substituents is 2. The topological polar surface area (TPSA) is 205 Å². The monoisotopic (exact) mass is 1530 g/mol. The maximum atomic E-state index is 14.4. The van der Waals surface area contributed by atoms with Gasteiger partial charge in [-0.05, 0) is 77.0 Å². The maximum Gasteiger partial charge on any atom is 0.289 e. The number of carbonyl (C=O) groups is 4. The number of fused-ring (bicyclic) bond motifs is 6. The fraction of sp³-hybridized carbons (Fsp3) is 0.750. The molecule has 2 aromatic rings. The van der Waals surface area contributed by atoms with E-state index in [9.17, 15) is 39.6 Å². The van der Waals surface area contributed by atoms with Crippen molar-refractivity contribution in [2.24, 2.45) is 0 Å². The molecule has 2 aromatic carbocycles. The molecular formula is C96H156O14. The first-order chi connectivity index (χ1) is 53.6. The number of aromatic hydroxyl groups is 2. The van der Waals surface area contributed by atoms with Gasteiger partial charge >= 0.3 is 0 Å². The standard InChI is InChI=1S/2C48H78O7/c2*1-5-7-9-11-13-15-17-19-21-23-25-27-29-31-33-35-39-44-40(37-41(53-3)45(39)50)55-48(52)43(49)38-42(54-4)46(51)47(44,48)36-34-32-30-28-26-24-22-20-18-16-14-12-10-8-6-2/h12,14,37-38,50,52H,5-11,13,15-36H2,1-4H3;11,13,37-38,50,52H,5-10,12,14-36H2,1-4H3. The van der Waals surface area contributed by atoms with E-state index in [0.717, 1.165) is 89.2 Å². The molecule has 0 fully saturated rings. The number of aliphatic hydroxyl groups is 2. The Labute approximate surface area is 668 Å². The quantitative estimate of drug-likeness (QED) is 0.0359. The van der Waals surface area contributed by atoms with Gasteiger partial charge in [0.1, 0.15) is 22.3 Å². The van der Waals surface area contributed by atoms with Crippen molar-refractivity contribution in [3.63, 3.8) is 0 Å². The molecule has 6 rings (SSSR count). The van der Waals surface area contributed by atoms with Crippen molar-refractivity contribution >= 4 is 23.1 Å². The normalized spacial score (nSPS) is 19.1. The molecule has 4 aliphatic rings. The van der Waals surface area contributed by atoms with Gasteiger partial charge in [-0.15, -0.1) is 0 Å². The lowest BCUT2D eigenvalue weighted by Gasteiger charge is -2.41. The number of carbonyl (C=O) groups excluding carboxylic acids is 4. The number of ether oxygens (including phenoxy) is 6. The highest BCUT2D eigenvalue weighted by Crippen LogP contribution is 2.61. The summed E-state index contributed by atoms with van der Waals surface area (Å²) in [6, 6.07) is 3.02. The fourth-order valence-corrected chi connectivity index (χ4v) is 17.5. The molecule has 0 saturated carbocycles. The Bertz CT molecular complexity index is 3070. The number of phenols is 2. The van der Waals surface area contributed by atoms with Gasteiger partial charge in [-0.25, -0.2) is 0 Å². The third-order valence-electron chi connectivity index (χ3n) is 24.2. The SMILES string of the molecule is CCCCC=CCCCCCCCCCCCC12C(=O)C(OC)=CC(=O)C1(O)Oc1cc(OC)c(O)c(CCCCCCCCCCCCCCCCC)c12.CCCCC=CCCCCCCCCCCCc1c(O)c(OC)cc2c1C1(CCCCCCCCCCCCCCCCC)C(=O)C(OC)=CC(=O)C1(O)O2. The number of unbranched alkanes of at least 4 members (excludes halogenated alkanes) is 50. The number of hydrogen-bond donors (Lipinski definition) is 4. The predicted octanol–water partition coefficient (Wildman–Crippen LogP) is 25.7. The van der Waals surface area contributed by atoms with E-state index in [-0.39, 0.29) is 58.9 Å². The highest BCUT2D eigenvalue weighted by molar-refractivity contribution is 6.19. The number of hydrogen-bond acceptors (Lipinski definition) is 14. The van der Waals surface area contributed by atoms with Crippen molar-refractivity contribution in [2.45, 2.75) is 435 Å². The first-order valence-corrected chi connectivity index (χ1v) is 45.3. The largest absolute Gasteiger partial charge is 0.504 e. The minimum absolute atomic E-state index is 0.0554. The fourth-order valence-electron chi connectivity index (χ4n) is 17.5. The van der Waals surface area contributed by atoms with Crippen LogP contribution >= 0.6 is 0 Å². The Kier molecular flexibility index (Phi) is 47.5. The van der Waals surface area contributed by atoms with Crippen molar-refractivity contribution in [1.29, 1.82) is 0 Å². The molecule has 0 radical (unpaired) electrons. The Morgan fingerprint density at radius 1 is 0.318 bits per heavy atom. The summed E-state index contributed by atoms with van der Waals surface area (Å²) in [5, 5.41) is 47.3. The van der Waals surface area contributed by atoms with Crippen molar-refractivity contribution in [3.8, 4) is 34.5 Å². The second kappa shape index (κ2) is 55.0. The minimum atomic E-state index is -2.41. The van der Waals surface area contributed by atoms with Gasteiger partial charge in [-0.2, -0.15) is 0 Å². The highest BCUT2D eigenvalue weighted by atomic mass is 16.6. The van der Waals surface area contributed by atoms with Gasteiger partial charge in [-0.3, -0.25) is 19.2 Å². The predicted molar refractivity (Wildman–Crippen MR) is 450 cm³/mol. The Hall–Kier alpha value is -5.60. The summed E-state index contributed by atoms with van der Waals surface area (Å²) >= 11 is 0. The average molecular weight is 1530 g/mol. The van der Waals surface area contributed by atoms with Gasteiger partial charge in [0.25, 0.3) is 11.6 Å². The summed E-state index contributed by atoms with van der Waals surface area (Å²) in [7, 11) is 5.69. The molecule has 624 valence electrons. The van der Waals surface area contributed by atoms with Crippen LogP contribution in [0, 0.1) is 0 Å². The minimum Gasteiger partial charge on any atom is -0.504 e. The van der Waals surface area contributed by atoms with Crippen LogP contribution in [0.25, 0.3) is 0 Å². The van der Waals surface area contributed by atoms with Crippen molar-refractivity contribution < 1.29 is 68.0 Å². The van der Waals surface area contributed by atoms with Gasteiger partial charge in [0.2, 0.25) is 23.1 Å². The van der Waals surface area contributed by atoms with Crippen LogP contribution in [0.1, 0.15) is 422 Å². The summed E-state index contributed by atoms with van der Waals surface area (Å²) in [6.07, 6.45) is 79.7. The highest BCUT2D eigenvalue weighted by Gasteiger charge is 2.72. The first-order valence-electron chi connectivity index (χ1n) is 45.3. The zero-order valence-electron chi connectivity index (χ0n) is 70.9. The van der Waals surface area contributed by atoms with E-state index in [1.165, 1.54) is 310 Å². The number of ketones is 4. The van der Waals surface area contributed by atoms with Gasteiger partial charge in [0.05, 0.1) is 28.4 Å². The molecule has 14 heteroatoms. The number of methoxy groups -OCH3 is 4. The van der Waals surface area contributed by atoms with E-state index >= 15 is 0 Å². The Morgan fingerprint density at radius 3 is 0.809 bits per heavy atom. The van der Waals surface area contributed by atoms with Crippen molar-refractivity contribution in [1.82, 2.24) is 0 Å². The summed E-state index contributed by atoms with van der Waals surface area (Å²) in [4.78, 5) is 56.0. The maximum absolute atomic E-state index is 14.4. The van der Waals surface area contributed by atoms with Crippen LogP contribution in [0.4, 0.5) is 0 Å². The molecule has 0 saturated heterocycles. The van der Waals surface area contributed by atoms with E-state index < -0.39 is 45.5 Å². The molecule has 2 aliphatic carbocycles. The van der Waals surface area contributed by atoms with Crippen LogP contribution in [-0.2, 0) is 52.3 Å². The van der Waals surface area contributed by atoms with Crippen LogP contribution < -0.4 is 18.9 Å². The van der Waals surface area contributed by atoms with E-state index in [4.69, 9.17) is 28.4 Å². The molecule has 0 bridgehead atoms. The van der Waals surface area contributed by atoms with Crippen LogP contribution in [0.15, 0.2) is 60.1 Å². The molecular weight excluding hydrogens is 1380 g/mol. The second-order valence-corrected chi connectivity index (χ2v) is 32.7. The number of Topliss-reactive ketones (excluding diaryl/α,β-unsaturated/α-hetero) is 2. The van der Waals surface area contributed by atoms with Crippen molar-refractivity contribution in [3.05, 3.63) is 82.4 Å². The third-order valence-corrected chi connectivity index (χ3v) is 24.2. The van der Waals surface area contributed by atoms with E-state index in [2.05, 4.69) is 52.0 Å². The average Bonchev–Trinajstić information content (AvgIpc) is 1.52. The van der Waals surface area contributed by atoms with Crippen LogP contribution in [0.5, 0.6) is 34.5 Å². The van der Waals surface area contributed by atoms with Gasteiger partial charge in [0.15, 0.2) is 34.5 Å². The molecule has 14 nitrogen and oxygen atoms in total. The molecule has 0 aromatic heterocycles. The van der Waals surface area contributed by atoms with Gasteiger partial charge < -0.3 is 48.8 Å². The number of benzene rings is 2. The first kappa shape index (κ1) is 95.0. The van der Waals surface area contributed by atoms with Crippen LogP contribution in [-0.4, -0.2) is 83.6 Å². The lowest BCUT2D eigenvalue weighted by molar-refractivity contribution is -0.190. The van der Waals surface area contributed by atoms with Crippen LogP contribution in [0.2, 0.25) is 0 Å². The lowest BCUT2D eigenvalue weighted by Crippen LogP contribution is -2.63. The molecule has 4 atom stereocenters. The van der Waals surface area contributed by atoms with Crippen LogP contribution in [0.3, 0.4) is 0 Å². The number of allylic oxidation sites excluding steroid dienone is 6. The summed E-state index contributed by atoms with van der Waals surface area (Å²) in [6.45, 7) is 8.99. The summed E-state index contributed by atoms with van der Waals surface area (Å²) < 4.78 is 34.1. The van der Waals surface area contributed by atoms with Gasteiger partial charge in [-0.1, -0.05) is 360 Å². The van der Waals surface area contributed by atoms with E-state index in [0.29, 0.717) is 47.9 Å². The molecule has 4 unspecified atom stereocenters. The third kappa shape index (κ3) is 28.4. The molecule has 2 heterocycles. The lowest BCUT2D eigenvalue weighted by atomic mass is 9.62. The smallest absolute Gasteiger partial charge is 0.289 e. The molecule has 4 N–H and O–H groups in total. The van der Waals surface area contributed by atoms with E-state index in [1.807, 2.05) is 0 Å². The molecule has 0 spiro atoms.